The lowest BCUT2D eigenvalue weighted by molar-refractivity contribution is -0.119. The van der Waals surface area contributed by atoms with Crippen molar-refractivity contribution < 1.29 is 17.9 Å². The molecule has 1 N–H and O–H groups in total. The van der Waals surface area contributed by atoms with Gasteiger partial charge in [-0.3, -0.25) is 9.10 Å². The average molecular weight is 521 g/mol. The summed E-state index contributed by atoms with van der Waals surface area (Å²) in [5, 5.41) is 3.17. The van der Waals surface area contributed by atoms with Crippen LogP contribution in [0.25, 0.3) is 0 Å². The zero-order valence-electron chi connectivity index (χ0n) is 18.9. The summed E-state index contributed by atoms with van der Waals surface area (Å²) in [6.45, 7) is 4.12. The third-order valence-corrected chi connectivity index (χ3v) is 7.35. The van der Waals surface area contributed by atoms with Crippen molar-refractivity contribution in [2.45, 2.75) is 24.7 Å². The van der Waals surface area contributed by atoms with Crippen molar-refractivity contribution in [2.75, 3.05) is 24.0 Å². The first-order chi connectivity index (χ1) is 16.2. The topological polar surface area (TPSA) is 75.7 Å². The van der Waals surface area contributed by atoms with Gasteiger partial charge in [-0.15, -0.1) is 0 Å². The largest absolute Gasteiger partial charge is 0.491 e. The van der Waals surface area contributed by atoms with Gasteiger partial charge in [-0.25, -0.2) is 8.42 Å². The third kappa shape index (κ3) is 6.44. The number of amides is 1. The maximum absolute atomic E-state index is 13.4. The first-order valence-electron chi connectivity index (χ1n) is 10.7. The maximum atomic E-state index is 13.4. The number of nitrogens with zero attached hydrogens (tertiary/aromatic N) is 1. The summed E-state index contributed by atoms with van der Waals surface area (Å²) >= 11 is 12.4. The molecule has 0 saturated carbocycles. The number of nitrogens with one attached hydrogen (secondary N) is 1. The fraction of sp³-hybridized carbons (Fsp3) is 0.240. The maximum Gasteiger partial charge on any atom is 0.264 e. The third-order valence-electron chi connectivity index (χ3n) is 5.02. The fourth-order valence-electron chi connectivity index (χ4n) is 3.32. The van der Waals surface area contributed by atoms with Crippen molar-refractivity contribution in [3.8, 4) is 5.75 Å². The standard InChI is InChI=1S/C25H26Cl2N2O4S/c1-18(2)21-10-6-7-11-24(21)33-15-14-28-25(30)17-29(23-16-19(26)12-13-22(23)27)34(31,32)20-8-4-3-5-9-20/h3-13,16,18H,14-15,17H2,1-2H3,(H,28,30). The molecule has 0 bridgehead atoms. The number of carbonyl (C=O) groups excluding carboxylic acids is 1. The molecule has 0 aliphatic heterocycles. The summed E-state index contributed by atoms with van der Waals surface area (Å²) in [5.41, 5.74) is 1.19. The van der Waals surface area contributed by atoms with Crippen LogP contribution >= 0.6 is 23.2 Å². The quantitative estimate of drug-likeness (QED) is 0.357. The van der Waals surface area contributed by atoms with Crippen molar-refractivity contribution in [3.05, 3.63) is 88.4 Å². The summed E-state index contributed by atoms with van der Waals surface area (Å²) < 4.78 is 33.5. The molecule has 0 radical (unpaired) electrons. The minimum absolute atomic E-state index is 0.0347. The summed E-state index contributed by atoms with van der Waals surface area (Å²) in [4.78, 5) is 12.8. The molecule has 6 nitrogen and oxygen atoms in total. The highest BCUT2D eigenvalue weighted by Gasteiger charge is 2.28. The molecule has 0 saturated heterocycles. The molecule has 0 atom stereocenters. The van der Waals surface area contributed by atoms with Gasteiger partial charge in [-0.1, -0.05) is 73.4 Å². The number of halogens is 2. The van der Waals surface area contributed by atoms with Crippen LogP contribution in [0.3, 0.4) is 0 Å². The predicted octanol–water partition coefficient (Wildman–Crippen LogP) is 5.51. The van der Waals surface area contributed by atoms with Crippen LogP contribution in [0.1, 0.15) is 25.3 Å². The van der Waals surface area contributed by atoms with Gasteiger partial charge in [-0.05, 0) is 47.9 Å². The zero-order chi connectivity index (χ0) is 24.7. The van der Waals surface area contributed by atoms with E-state index in [1.54, 1.807) is 24.3 Å². The Bertz CT molecular complexity index is 1230. The molecule has 0 spiro atoms. The van der Waals surface area contributed by atoms with E-state index in [0.29, 0.717) is 10.9 Å². The Balaban J connectivity index is 1.73. The number of para-hydroxylation sites is 1. The van der Waals surface area contributed by atoms with Crippen LogP contribution in [0.5, 0.6) is 5.75 Å². The molecule has 34 heavy (non-hydrogen) atoms. The van der Waals surface area contributed by atoms with E-state index in [1.807, 2.05) is 24.3 Å². The predicted molar refractivity (Wildman–Crippen MR) is 136 cm³/mol. The van der Waals surface area contributed by atoms with Crippen molar-refractivity contribution in [2.24, 2.45) is 0 Å². The minimum atomic E-state index is -4.08. The van der Waals surface area contributed by atoms with E-state index in [9.17, 15) is 13.2 Å². The Morgan fingerprint density at radius 2 is 1.68 bits per heavy atom. The number of rotatable bonds is 10. The molecule has 0 fully saturated rings. The van der Waals surface area contributed by atoms with E-state index in [0.717, 1.165) is 15.6 Å². The number of anilines is 1. The highest BCUT2D eigenvalue weighted by atomic mass is 35.5. The molecule has 0 unspecified atom stereocenters. The molecular weight excluding hydrogens is 495 g/mol. The number of sulfonamides is 1. The Morgan fingerprint density at radius 1 is 1.00 bits per heavy atom. The van der Waals surface area contributed by atoms with Crippen LogP contribution < -0.4 is 14.4 Å². The Labute approximate surface area is 210 Å². The van der Waals surface area contributed by atoms with Crippen LogP contribution in [0.15, 0.2) is 77.7 Å². The van der Waals surface area contributed by atoms with Gasteiger partial charge in [0.25, 0.3) is 10.0 Å². The molecule has 180 valence electrons. The SMILES string of the molecule is CC(C)c1ccccc1OCCNC(=O)CN(c1cc(Cl)ccc1Cl)S(=O)(=O)c1ccccc1. The van der Waals surface area contributed by atoms with E-state index in [1.165, 1.54) is 24.3 Å². The van der Waals surface area contributed by atoms with Crippen LogP contribution in [-0.2, 0) is 14.8 Å². The number of hydrogen-bond acceptors (Lipinski definition) is 4. The number of benzene rings is 3. The van der Waals surface area contributed by atoms with Crippen LogP contribution in [0.2, 0.25) is 10.0 Å². The van der Waals surface area contributed by atoms with Gasteiger partial charge in [0.15, 0.2) is 0 Å². The lowest BCUT2D eigenvalue weighted by Gasteiger charge is -2.25. The second-order valence-electron chi connectivity index (χ2n) is 7.81. The van der Waals surface area contributed by atoms with Crippen LogP contribution in [0.4, 0.5) is 5.69 Å². The lowest BCUT2D eigenvalue weighted by Crippen LogP contribution is -2.42. The lowest BCUT2D eigenvalue weighted by atomic mass is 10.0. The van der Waals surface area contributed by atoms with E-state index >= 15 is 0 Å². The fourth-order valence-corrected chi connectivity index (χ4v) is 5.21. The normalized spacial score (nSPS) is 11.3. The summed E-state index contributed by atoms with van der Waals surface area (Å²) in [5.74, 6) is 0.548. The molecule has 0 aliphatic carbocycles. The smallest absolute Gasteiger partial charge is 0.264 e. The van der Waals surface area contributed by atoms with Crippen molar-refractivity contribution in [3.63, 3.8) is 0 Å². The molecule has 9 heteroatoms. The highest BCUT2D eigenvalue weighted by molar-refractivity contribution is 7.92. The van der Waals surface area contributed by atoms with Gasteiger partial charge < -0.3 is 10.1 Å². The summed E-state index contributed by atoms with van der Waals surface area (Å²) in [6, 6.07) is 20.0. The summed E-state index contributed by atoms with van der Waals surface area (Å²) in [6.07, 6.45) is 0. The highest BCUT2D eigenvalue weighted by Crippen LogP contribution is 2.33. The van der Waals surface area contributed by atoms with E-state index in [4.69, 9.17) is 27.9 Å². The van der Waals surface area contributed by atoms with Gasteiger partial charge in [0.1, 0.15) is 18.9 Å². The Morgan fingerprint density at radius 3 is 2.38 bits per heavy atom. The molecule has 0 heterocycles. The first-order valence-corrected chi connectivity index (χ1v) is 12.9. The monoisotopic (exact) mass is 520 g/mol. The van der Waals surface area contributed by atoms with Gasteiger partial charge in [0, 0.05) is 5.02 Å². The van der Waals surface area contributed by atoms with Crippen molar-refractivity contribution >= 4 is 44.8 Å². The first kappa shape index (κ1) is 25.9. The molecule has 1 amide bonds. The van der Waals surface area contributed by atoms with Gasteiger partial charge >= 0.3 is 0 Å². The molecule has 0 aromatic heterocycles. The van der Waals surface area contributed by atoms with E-state index < -0.39 is 22.5 Å². The van der Waals surface area contributed by atoms with Crippen molar-refractivity contribution in [1.29, 1.82) is 0 Å². The number of ether oxygens (including phenoxy) is 1. The molecular formula is C25H26Cl2N2O4S. The van der Waals surface area contributed by atoms with E-state index in [-0.39, 0.29) is 28.8 Å². The molecule has 3 aromatic rings. The molecule has 3 aromatic carbocycles. The van der Waals surface area contributed by atoms with Gasteiger partial charge in [0.2, 0.25) is 5.91 Å². The van der Waals surface area contributed by atoms with Gasteiger partial charge in [0.05, 0.1) is 22.2 Å². The Hall–Kier alpha value is -2.74. The summed E-state index contributed by atoms with van der Waals surface area (Å²) in [7, 11) is -4.08. The second kappa shape index (κ2) is 11.6. The Kier molecular flexibility index (Phi) is 8.83. The minimum Gasteiger partial charge on any atom is -0.491 e. The van der Waals surface area contributed by atoms with Gasteiger partial charge in [-0.2, -0.15) is 0 Å². The van der Waals surface area contributed by atoms with Crippen LogP contribution in [0, 0.1) is 0 Å². The van der Waals surface area contributed by atoms with Crippen LogP contribution in [-0.4, -0.2) is 34.0 Å². The van der Waals surface area contributed by atoms with Crippen molar-refractivity contribution in [1.82, 2.24) is 5.32 Å². The average Bonchev–Trinajstić information content (AvgIpc) is 2.82. The van der Waals surface area contributed by atoms with E-state index in [2.05, 4.69) is 19.2 Å². The molecule has 3 rings (SSSR count). The second-order valence-corrected chi connectivity index (χ2v) is 10.5. The number of carbonyl (C=O) groups is 1. The number of hydrogen-bond donors (Lipinski definition) is 1. The molecule has 0 aliphatic rings. The zero-order valence-corrected chi connectivity index (χ0v) is 21.2.